The lowest BCUT2D eigenvalue weighted by Crippen LogP contribution is -2.38. The lowest BCUT2D eigenvalue weighted by molar-refractivity contribution is 0.0948. The molecule has 0 radical (unpaired) electrons. The molecular formula is C20H26ClN3O2. The van der Waals surface area contributed by atoms with Crippen LogP contribution in [0.1, 0.15) is 35.3 Å². The van der Waals surface area contributed by atoms with E-state index < -0.39 is 0 Å². The third-order valence-electron chi connectivity index (χ3n) is 4.94. The van der Waals surface area contributed by atoms with E-state index in [9.17, 15) is 9.90 Å². The van der Waals surface area contributed by atoms with Gasteiger partial charge in [-0.25, -0.2) is 0 Å². The molecule has 0 bridgehead atoms. The molecule has 5 nitrogen and oxygen atoms in total. The van der Waals surface area contributed by atoms with Crippen LogP contribution in [-0.2, 0) is 0 Å². The SMILES string of the molecule is Cc1cc(C(=O)NCCCN2CCC[C@H](CO)C2)c2ccc(Cl)cc2n1. The molecule has 1 fully saturated rings. The Labute approximate surface area is 159 Å². The number of carbonyl (C=O) groups excluding carboxylic acids is 1. The first-order valence-electron chi connectivity index (χ1n) is 9.25. The highest BCUT2D eigenvalue weighted by molar-refractivity contribution is 6.31. The lowest BCUT2D eigenvalue weighted by atomic mass is 9.99. The van der Waals surface area contributed by atoms with Crippen molar-refractivity contribution in [3.8, 4) is 0 Å². The van der Waals surface area contributed by atoms with E-state index in [2.05, 4.69) is 15.2 Å². The Morgan fingerprint density at radius 3 is 3.08 bits per heavy atom. The number of piperidine rings is 1. The molecule has 26 heavy (non-hydrogen) atoms. The number of rotatable bonds is 6. The zero-order valence-corrected chi connectivity index (χ0v) is 15.9. The van der Waals surface area contributed by atoms with Crippen molar-refractivity contribution in [1.82, 2.24) is 15.2 Å². The van der Waals surface area contributed by atoms with Gasteiger partial charge in [-0.15, -0.1) is 0 Å². The second kappa shape index (κ2) is 8.80. The van der Waals surface area contributed by atoms with Gasteiger partial charge in [0.15, 0.2) is 0 Å². The Kier molecular flexibility index (Phi) is 6.46. The number of aliphatic hydroxyl groups is 1. The van der Waals surface area contributed by atoms with Crippen LogP contribution in [-0.4, -0.2) is 53.7 Å². The van der Waals surface area contributed by atoms with Crippen LogP contribution in [0.4, 0.5) is 0 Å². The number of aromatic nitrogens is 1. The Balaban J connectivity index is 1.56. The van der Waals surface area contributed by atoms with Crippen LogP contribution in [0.5, 0.6) is 0 Å². The Morgan fingerprint density at radius 1 is 1.42 bits per heavy atom. The van der Waals surface area contributed by atoms with E-state index in [4.69, 9.17) is 11.6 Å². The molecule has 1 amide bonds. The minimum Gasteiger partial charge on any atom is -0.396 e. The topological polar surface area (TPSA) is 65.5 Å². The number of halogens is 1. The van der Waals surface area contributed by atoms with Crippen LogP contribution in [0.2, 0.25) is 5.02 Å². The van der Waals surface area contributed by atoms with Crippen LogP contribution in [0.3, 0.4) is 0 Å². The van der Waals surface area contributed by atoms with Gasteiger partial charge in [0.1, 0.15) is 0 Å². The lowest BCUT2D eigenvalue weighted by Gasteiger charge is -2.31. The number of nitrogens with one attached hydrogen (secondary N) is 1. The van der Waals surface area contributed by atoms with E-state index in [0.29, 0.717) is 23.0 Å². The number of fused-ring (bicyclic) bond motifs is 1. The molecule has 0 saturated carbocycles. The third kappa shape index (κ3) is 4.72. The zero-order chi connectivity index (χ0) is 18.5. The minimum absolute atomic E-state index is 0.0744. The van der Waals surface area contributed by atoms with E-state index in [1.165, 1.54) is 0 Å². The Hall–Kier alpha value is -1.69. The molecule has 0 unspecified atom stereocenters. The first kappa shape index (κ1) is 19.1. The fourth-order valence-electron chi connectivity index (χ4n) is 3.63. The minimum atomic E-state index is -0.0744. The van der Waals surface area contributed by atoms with Crippen LogP contribution < -0.4 is 5.32 Å². The van der Waals surface area contributed by atoms with Gasteiger partial charge in [0.05, 0.1) is 11.1 Å². The molecule has 2 heterocycles. The van der Waals surface area contributed by atoms with E-state index in [1.54, 1.807) is 12.1 Å². The van der Waals surface area contributed by atoms with Crippen molar-refractivity contribution in [2.45, 2.75) is 26.2 Å². The van der Waals surface area contributed by atoms with Gasteiger partial charge >= 0.3 is 0 Å². The maximum absolute atomic E-state index is 12.6. The molecule has 140 valence electrons. The van der Waals surface area contributed by atoms with Crippen LogP contribution >= 0.6 is 11.6 Å². The average Bonchev–Trinajstić information content (AvgIpc) is 2.64. The fourth-order valence-corrected chi connectivity index (χ4v) is 3.79. The number of likely N-dealkylation sites (tertiary alicyclic amines) is 1. The molecule has 2 aromatic rings. The monoisotopic (exact) mass is 375 g/mol. The number of hydrogen-bond donors (Lipinski definition) is 2. The Bertz CT molecular complexity index is 776. The second-order valence-corrected chi connectivity index (χ2v) is 7.51. The standard InChI is InChI=1S/C20H26ClN3O2/c1-14-10-18(17-6-5-16(21)11-19(17)23-14)20(26)22-7-3-9-24-8-2-4-15(12-24)13-25/h5-6,10-11,15,25H,2-4,7-9,12-13H2,1H3,(H,22,26)/t15-/m0/s1. The van der Waals surface area contributed by atoms with Crippen LogP contribution in [0.15, 0.2) is 24.3 Å². The van der Waals surface area contributed by atoms with Crippen LogP contribution in [0.25, 0.3) is 10.9 Å². The van der Waals surface area contributed by atoms with Crippen molar-refractivity contribution in [3.05, 3.63) is 40.5 Å². The highest BCUT2D eigenvalue weighted by Gasteiger charge is 2.18. The van der Waals surface area contributed by atoms with Crippen molar-refractivity contribution in [2.75, 3.05) is 32.8 Å². The third-order valence-corrected chi connectivity index (χ3v) is 5.18. The van der Waals surface area contributed by atoms with Gasteiger partial charge in [-0.3, -0.25) is 9.78 Å². The van der Waals surface area contributed by atoms with E-state index >= 15 is 0 Å². The van der Waals surface area contributed by atoms with Gasteiger partial charge in [0.2, 0.25) is 0 Å². The van der Waals surface area contributed by atoms with Gasteiger partial charge in [-0.05, 0) is 63.4 Å². The van der Waals surface area contributed by atoms with E-state index in [-0.39, 0.29) is 12.5 Å². The van der Waals surface area contributed by atoms with Gasteiger partial charge in [-0.2, -0.15) is 0 Å². The summed E-state index contributed by atoms with van der Waals surface area (Å²) >= 11 is 6.04. The van der Waals surface area contributed by atoms with Crippen molar-refractivity contribution >= 4 is 28.4 Å². The summed E-state index contributed by atoms with van der Waals surface area (Å²) in [6.45, 7) is 5.77. The van der Waals surface area contributed by atoms with Crippen molar-refractivity contribution in [1.29, 1.82) is 0 Å². The summed E-state index contributed by atoms with van der Waals surface area (Å²) in [6.07, 6.45) is 3.16. The maximum Gasteiger partial charge on any atom is 0.252 e. The number of hydrogen-bond acceptors (Lipinski definition) is 4. The maximum atomic E-state index is 12.6. The number of carbonyl (C=O) groups is 1. The summed E-state index contributed by atoms with van der Waals surface area (Å²) in [5.41, 5.74) is 2.18. The average molecular weight is 376 g/mol. The highest BCUT2D eigenvalue weighted by atomic mass is 35.5. The van der Waals surface area contributed by atoms with Crippen molar-refractivity contribution in [2.24, 2.45) is 5.92 Å². The van der Waals surface area contributed by atoms with Crippen molar-refractivity contribution in [3.63, 3.8) is 0 Å². The predicted molar refractivity (Wildman–Crippen MR) is 105 cm³/mol. The number of aryl methyl sites for hydroxylation is 1. The smallest absolute Gasteiger partial charge is 0.252 e. The van der Waals surface area contributed by atoms with Gasteiger partial charge in [-0.1, -0.05) is 17.7 Å². The summed E-state index contributed by atoms with van der Waals surface area (Å²) in [5.74, 6) is 0.325. The van der Waals surface area contributed by atoms with Gasteiger partial charge in [0, 0.05) is 35.8 Å². The molecule has 1 aliphatic heterocycles. The summed E-state index contributed by atoms with van der Waals surface area (Å²) in [6, 6.07) is 7.24. The number of benzene rings is 1. The van der Waals surface area contributed by atoms with E-state index in [1.807, 2.05) is 19.1 Å². The predicted octanol–water partition coefficient (Wildman–Crippen LogP) is 3.02. The molecule has 0 spiro atoms. The Morgan fingerprint density at radius 2 is 2.27 bits per heavy atom. The number of nitrogens with zero attached hydrogens (tertiary/aromatic N) is 2. The molecule has 1 saturated heterocycles. The molecule has 1 aliphatic rings. The summed E-state index contributed by atoms with van der Waals surface area (Å²) in [4.78, 5) is 19.5. The van der Waals surface area contributed by atoms with Gasteiger partial charge < -0.3 is 15.3 Å². The summed E-state index contributed by atoms with van der Waals surface area (Å²) < 4.78 is 0. The summed E-state index contributed by atoms with van der Waals surface area (Å²) in [5, 5.41) is 13.8. The molecule has 0 aliphatic carbocycles. The normalized spacial score (nSPS) is 18.2. The number of pyridine rings is 1. The quantitative estimate of drug-likeness (QED) is 0.762. The highest BCUT2D eigenvalue weighted by Crippen LogP contribution is 2.22. The van der Waals surface area contributed by atoms with Crippen LogP contribution in [0, 0.1) is 12.8 Å². The first-order valence-corrected chi connectivity index (χ1v) is 9.63. The summed E-state index contributed by atoms with van der Waals surface area (Å²) in [7, 11) is 0. The van der Waals surface area contributed by atoms with Gasteiger partial charge in [0.25, 0.3) is 5.91 Å². The molecule has 1 aromatic heterocycles. The molecule has 6 heteroatoms. The number of aliphatic hydroxyl groups excluding tert-OH is 1. The molecule has 2 N–H and O–H groups in total. The number of amides is 1. The molecular weight excluding hydrogens is 350 g/mol. The molecule has 3 rings (SSSR count). The van der Waals surface area contributed by atoms with E-state index in [0.717, 1.165) is 55.5 Å². The molecule has 1 aromatic carbocycles. The zero-order valence-electron chi connectivity index (χ0n) is 15.2. The first-order chi connectivity index (χ1) is 12.6. The second-order valence-electron chi connectivity index (χ2n) is 7.07. The van der Waals surface area contributed by atoms with Crippen molar-refractivity contribution < 1.29 is 9.90 Å². The largest absolute Gasteiger partial charge is 0.396 e. The molecule has 1 atom stereocenters. The fraction of sp³-hybridized carbons (Fsp3) is 0.500.